The number of benzene rings is 2. The lowest BCUT2D eigenvalue weighted by molar-refractivity contribution is 0.0277. The van der Waals surface area contributed by atoms with Crippen LogP contribution in [-0.4, -0.2) is 52.2 Å². The van der Waals surface area contributed by atoms with Crippen molar-refractivity contribution in [3.63, 3.8) is 0 Å². The first-order valence-electron chi connectivity index (χ1n) is 11.2. The summed E-state index contributed by atoms with van der Waals surface area (Å²) in [6.07, 6.45) is 0.226. The molecule has 6 nitrogen and oxygen atoms in total. The summed E-state index contributed by atoms with van der Waals surface area (Å²) in [4.78, 5) is 2.23. The fourth-order valence-corrected chi connectivity index (χ4v) is 3.66. The minimum Gasteiger partial charge on any atom is -0.439 e. The lowest BCUT2D eigenvalue weighted by Crippen LogP contribution is -2.38. The number of aryl methyl sites for hydroxylation is 2. The molecule has 1 atom stereocenters. The van der Waals surface area contributed by atoms with E-state index < -0.39 is 6.10 Å². The van der Waals surface area contributed by atoms with Crippen LogP contribution in [0.1, 0.15) is 37.6 Å². The Morgan fingerprint density at radius 2 is 1.75 bits per heavy atom. The van der Waals surface area contributed by atoms with E-state index in [4.69, 9.17) is 14.6 Å². The Kier molecular flexibility index (Phi) is 8.45. The first kappa shape index (κ1) is 24.0. The second-order valence-electron chi connectivity index (χ2n) is 8.38. The van der Waals surface area contributed by atoms with E-state index in [-0.39, 0.29) is 6.04 Å². The van der Waals surface area contributed by atoms with Crippen LogP contribution in [0.5, 0.6) is 11.6 Å². The molecule has 0 amide bonds. The standard InChI is InChI=1S/C26H35N3O3/c1-6-25-24(17-28(19(2)3)16-22(30)18-31-5)26(32-23-14-12-20(4)13-15-23)29(27-25)21-10-8-7-9-11-21/h7-15,19,22,30H,6,16-18H2,1-5H3. The van der Waals surface area contributed by atoms with Crippen LogP contribution in [0.25, 0.3) is 5.69 Å². The molecular formula is C26H35N3O3. The van der Waals surface area contributed by atoms with Crippen molar-refractivity contribution < 1.29 is 14.6 Å². The summed E-state index contributed by atoms with van der Waals surface area (Å²) in [6.45, 7) is 9.87. The van der Waals surface area contributed by atoms with Gasteiger partial charge in [0.2, 0.25) is 5.88 Å². The number of aliphatic hydroxyl groups excluding tert-OH is 1. The van der Waals surface area contributed by atoms with E-state index >= 15 is 0 Å². The largest absolute Gasteiger partial charge is 0.439 e. The van der Waals surface area contributed by atoms with E-state index in [1.807, 2.05) is 59.3 Å². The number of para-hydroxylation sites is 1. The Balaban J connectivity index is 2.04. The molecule has 0 bridgehead atoms. The molecule has 1 heterocycles. The normalized spacial score (nSPS) is 12.5. The third-order valence-corrected chi connectivity index (χ3v) is 5.49. The summed E-state index contributed by atoms with van der Waals surface area (Å²) in [7, 11) is 1.61. The van der Waals surface area contributed by atoms with Crippen molar-refractivity contribution in [2.75, 3.05) is 20.3 Å². The maximum atomic E-state index is 10.4. The Labute approximate surface area is 191 Å². The Morgan fingerprint density at radius 3 is 2.34 bits per heavy atom. The highest BCUT2D eigenvalue weighted by atomic mass is 16.5. The average Bonchev–Trinajstić information content (AvgIpc) is 3.12. The summed E-state index contributed by atoms with van der Waals surface area (Å²) in [5, 5.41) is 15.3. The van der Waals surface area contributed by atoms with Crippen LogP contribution in [0.15, 0.2) is 54.6 Å². The molecule has 3 aromatic rings. The fourth-order valence-electron chi connectivity index (χ4n) is 3.66. The van der Waals surface area contributed by atoms with Crippen LogP contribution in [0.3, 0.4) is 0 Å². The molecule has 0 radical (unpaired) electrons. The lowest BCUT2D eigenvalue weighted by Gasteiger charge is -2.29. The SMILES string of the molecule is CCc1nn(-c2ccccc2)c(Oc2ccc(C)cc2)c1CN(CC(O)COC)C(C)C. The van der Waals surface area contributed by atoms with E-state index in [1.54, 1.807) is 7.11 Å². The highest BCUT2D eigenvalue weighted by Gasteiger charge is 2.24. The van der Waals surface area contributed by atoms with E-state index in [2.05, 4.69) is 32.6 Å². The number of aromatic nitrogens is 2. The molecule has 0 spiro atoms. The molecule has 6 heteroatoms. The Bertz CT molecular complexity index is 968. The number of rotatable bonds is 11. The van der Waals surface area contributed by atoms with E-state index in [9.17, 15) is 5.11 Å². The zero-order valence-corrected chi connectivity index (χ0v) is 19.8. The van der Waals surface area contributed by atoms with Gasteiger partial charge in [0.15, 0.2) is 0 Å². The molecule has 0 aliphatic carbocycles. The van der Waals surface area contributed by atoms with Gasteiger partial charge < -0.3 is 14.6 Å². The second kappa shape index (κ2) is 11.3. The fraction of sp³-hybridized carbons (Fsp3) is 0.423. The molecule has 0 fully saturated rings. The highest BCUT2D eigenvalue weighted by molar-refractivity contribution is 5.44. The predicted molar refractivity (Wildman–Crippen MR) is 128 cm³/mol. The topological polar surface area (TPSA) is 59.8 Å². The monoisotopic (exact) mass is 437 g/mol. The number of aliphatic hydroxyl groups is 1. The van der Waals surface area contributed by atoms with Gasteiger partial charge >= 0.3 is 0 Å². The van der Waals surface area contributed by atoms with Crippen molar-refractivity contribution >= 4 is 0 Å². The van der Waals surface area contributed by atoms with Crippen LogP contribution in [0, 0.1) is 6.92 Å². The zero-order valence-electron chi connectivity index (χ0n) is 19.8. The molecule has 1 unspecified atom stereocenters. The second-order valence-corrected chi connectivity index (χ2v) is 8.38. The third-order valence-electron chi connectivity index (χ3n) is 5.49. The van der Waals surface area contributed by atoms with Gasteiger partial charge in [-0.25, -0.2) is 4.68 Å². The Hall–Kier alpha value is -2.67. The maximum Gasteiger partial charge on any atom is 0.227 e. The molecule has 2 aromatic carbocycles. The minimum atomic E-state index is -0.557. The smallest absolute Gasteiger partial charge is 0.227 e. The van der Waals surface area contributed by atoms with Gasteiger partial charge in [-0.05, 0) is 51.5 Å². The van der Waals surface area contributed by atoms with Crippen molar-refractivity contribution in [3.05, 3.63) is 71.4 Å². The van der Waals surface area contributed by atoms with Crippen molar-refractivity contribution in [2.45, 2.75) is 52.8 Å². The molecule has 0 aliphatic rings. The summed E-state index contributed by atoms with van der Waals surface area (Å²) in [6, 6.07) is 18.3. The van der Waals surface area contributed by atoms with Gasteiger partial charge in [0.25, 0.3) is 0 Å². The molecular weight excluding hydrogens is 402 g/mol. The summed E-state index contributed by atoms with van der Waals surface area (Å²) < 4.78 is 13.5. The molecule has 172 valence electrons. The molecule has 0 saturated heterocycles. The number of hydrogen-bond acceptors (Lipinski definition) is 5. The number of ether oxygens (including phenoxy) is 2. The van der Waals surface area contributed by atoms with E-state index in [1.165, 1.54) is 5.56 Å². The van der Waals surface area contributed by atoms with Gasteiger partial charge in [0, 0.05) is 26.2 Å². The summed E-state index contributed by atoms with van der Waals surface area (Å²) in [5.41, 5.74) is 4.16. The van der Waals surface area contributed by atoms with Gasteiger partial charge in [-0.2, -0.15) is 5.10 Å². The highest BCUT2D eigenvalue weighted by Crippen LogP contribution is 2.32. The molecule has 32 heavy (non-hydrogen) atoms. The van der Waals surface area contributed by atoms with Crippen LogP contribution in [0.4, 0.5) is 0 Å². The number of nitrogens with zero attached hydrogens (tertiary/aromatic N) is 3. The zero-order chi connectivity index (χ0) is 23.1. The number of hydrogen-bond donors (Lipinski definition) is 1. The number of methoxy groups -OCH3 is 1. The maximum absolute atomic E-state index is 10.4. The van der Waals surface area contributed by atoms with Crippen molar-refractivity contribution in [2.24, 2.45) is 0 Å². The van der Waals surface area contributed by atoms with Crippen molar-refractivity contribution in [3.8, 4) is 17.3 Å². The molecule has 3 rings (SSSR count). The first-order valence-corrected chi connectivity index (χ1v) is 11.2. The lowest BCUT2D eigenvalue weighted by atomic mass is 10.1. The average molecular weight is 438 g/mol. The van der Waals surface area contributed by atoms with Crippen LogP contribution < -0.4 is 4.74 Å². The third kappa shape index (κ3) is 5.97. The van der Waals surface area contributed by atoms with Gasteiger partial charge in [0.05, 0.1) is 29.7 Å². The van der Waals surface area contributed by atoms with Gasteiger partial charge in [-0.1, -0.05) is 42.8 Å². The predicted octanol–water partition coefficient (Wildman–Crippen LogP) is 4.75. The van der Waals surface area contributed by atoms with Crippen LogP contribution in [0.2, 0.25) is 0 Å². The molecule has 0 aliphatic heterocycles. The van der Waals surface area contributed by atoms with Crippen LogP contribution >= 0.6 is 0 Å². The summed E-state index contributed by atoms with van der Waals surface area (Å²) >= 11 is 0. The van der Waals surface area contributed by atoms with Gasteiger partial charge in [-0.3, -0.25) is 4.90 Å². The minimum absolute atomic E-state index is 0.235. The van der Waals surface area contributed by atoms with Crippen LogP contribution in [-0.2, 0) is 17.7 Å². The molecule has 1 N–H and O–H groups in total. The van der Waals surface area contributed by atoms with Crippen molar-refractivity contribution in [1.82, 2.24) is 14.7 Å². The van der Waals surface area contributed by atoms with Gasteiger partial charge in [0.1, 0.15) is 5.75 Å². The van der Waals surface area contributed by atoms with Crippen molar-refractivity contribution in [1.29, 1.82) is 0 Å². The van der Waals surface area contributed by atoms with E-state index in [0.717, 1.165) is 29.1 Å². The molecule has 1 aromatic heterocycles. The quantitative estimate of drug-likeness (QED) is 0.469. The first-order chi connectivity index (χ1) is 15.4. The summed E-state index contributed by atoms with van der Waals surface area (Å²) in [5.74, 6) is 1.48. The molecule has 0 saturated carbocycles. The Morgan fingerprint density at radius 1 is 1.06 bits per heavy atom. The van der Waals surface area contributed by atoms with Gasteiger partial charge in [-0.15, -0.1) is 0 Å². The van der Waals surface area contributed by atoms with E-state index in [0.29, 0.717) is 25.6 Å².